The Bertz CT molecular complexity index is 1170. The smallest absolute Gasteiger partial charge is 0.337 e. The predicted molar refractivity (Wildman–Crippen MR) is 115 cm³/mol. The molecule has 6 heteroatoms. The summed E-state index contributed by atoms with van der Waals surface area (Å²) in [4.78, 5) is 11.8. The van der Waals surface area contributed by atoms with Crippen LogP contribution in [0.5, 0.6) is 0 Å². The van der Waals surface area contributed by atoms with Gasteiger partial charge in [-0.15, -0.1) is 11.3 Å². The second-order valence-corrected chi connectivity index (χ2v) is 9.74. The van der Waals surface area contributed by atoms with Gasteiger partial charge in [0.2, 0.25) is 9.84 Å². The highest BCUT2D eigenvalue weighted by molar-refractivity contribution is 8.02. The topological polar surface area (TPSA) is 60.4 Å². The van der Waals surface area contributed by atoms with Gasteiger partial charge in [-0.1, -0.05) is 50.3 Å². The number of carbonyl (C=O) groups excluding carboxylic acids is 1. The molecule has 0 saturated heterocycles. The second kappa shape index (κ2) is 7.89. The molecule has 0 aliphatic carbocycles. The Balaban J connectivity index is 2.11. The SMILES string of the molecule is C=C(c1cccc(C(=O)OC)c1)S(=O)(=O)c1sc2c(CCC)cccc2c1C. The molecule has 0 saturated carbocycles. The number of hydrogen-bond donors (Lipinski definition) is 0. The molecular weight excluding hydrogens is 392 g/mol. The third-order valence-electron chi connectivity index (χ3n) is 4.69. The van der Waals surface area contributed by atoms with Gasteiger partial charge in [-0.05, 0) is 47.6 Å². The van der Waals surface area contributed by atoms with Crippen molar-refractivity contribution in [3.05, 3.63) is 71.3 Å². The Hall–Kier alpha value is -2.44. The lowest BCUT2D eigenvalue weighted by Gasteiger charge is -2.09. The first-order valence-electron chi connectivity index (χ1n) is 8.95. The van der Waals surface area contributed by atoms with Crippen molar-refractivity contribution in [1.29, 1.82) is 0 Å². The van der Waals surface area contributed by atoms with Crippen LogP contribution in [0.25, 0.3) is 15.0 Å². The van der Waals surface area contributed by atoms with Crippen molar-refractivity contribution in [3.63, 3.8) is 0 Å². The summed E-state index contributed by atoms with van der Waals surface area (Å²) in [7, 11) is -2.51. The molecule has 3 rings (SSSR count). The van der Waals surface area contributed by atoms with Crippen LogP contribution >= 0.6 is 11.3 Å². The highest BCUT2D eigenvalue weighted by Crippen LogP contribution is 2.40. The van der Waals surface area contributed by atoms with Crippen LogP contribution in [0.1, 0.15) is 40.4 Å². The van der Waals surface area contributed by atoms with E-state index in [4.69, 9.17) is 4.74 Å². The molecule has 28 heavy (non-hydrogen) atoms. The third kappa shape index (κ3) is 3.50. The molecule has 0 aliphatic heterocycles. The van der Waals surface area contributed by atoms with Gasteiger partial charge in [-0.25, -0.2) is 13.2 Å². The summed E-state index contributed by atoms with van der Waals surface area (Å²) in [6.07, 6.45) is 1.89. The lowest BCUT2D eigenvalue weighted by atomic mass is 10.1. The van der Waals surface area contributed by atoms with Gasteiger partial charge >= 0.3 is 5.97 Å². The largest absolute Gasteiger partial charge is 0.465 e. The molecule has 1 aromatic heterocycles. The minimum absolute atomic E-state index is 0.0232. The third-order valence-corrected chi connectivity index (χ3v) is 8.46. The molecule has 0 radical (unpaired) electrons. The number of benzene rings is 2. The monoisotopic (exact) mass is 414 g/mol. The zero-order valence-electron chi connectivity index (χ0n) is 16.1. The van der Waals surface area contributed by atoms with Gasteiger partial charge in [0.1, 0.15) is 4.21 Å². The maximum atomic E-state index is 13.3. The molecule has 146 valence electrons. The van der Waals surface area contributed by atoms with E-state index in [1.54, 1.807) is 18.2 Å². The van der Waals surface area contributed by atoms with Crippen LogP contribution in [0, 0.1) is 6.92 Å². The van der Waals surface area contributed by atoms with Crippen LogP contribution in [0.15, 0.2) is 53.3 Å². The zero-order chi connectivity index (χ0) is 20.5. The molecule has 0 atom stereocenters. The fourth-order valence-electron chi connectivity index (χ4n) is 3.21. The van der Waals surface area contributed by atoms with Gasteiger partial charge in [0.05, 0.1) is 17.6 Å². The van der Waals surface area contributed by atoms with Crippen LogP contribution in [-0.2, 0) is 21.0 Å². The quantitative estimate of drug-likeness (QED) is 0.507. The van der Waals surface area contributed by atoms with Crippen molar-refractivity contribution < 1.29 is 17.9 Å². The minimum Gasteiger partial charge on any atom is -0.465 e. The van der Waals surface area contributed by atoms with E-state index in [0.29, 0.717) is 9.77 Å². The van der Waals surface area contributed by atoms with Crippen molar-refractivity contribution in [2.75, 3.05) is 7.11 Å². The van der Waals surface area contributed by atoms with Gasteiger partial charge in [0.15, 0.2) is 0 Å². The number of carbonyl (C=O) groups is 1. The highest BCUT2D eigenvalue weighted by atomic mass is 32.2. The van der Waals surface area contributed by atoms with Crippen molar-refractivity contribution in [2.45, 2.75) is 30.9 Å². The predicted octanol–water partition coefficient (Wildman–Crippen LogP) is 5.39. The number of methoxy groups -OCH3 is 1. The second-order valence-electron chi connectivity index (χ2n) is 6.56. The molecule has 0 aliphatic rings. The molecular formula is C22H22O4S2. The lowest BCUT2D eigenvalue weighted by molar-refractivity contribution is 0.0600. The number of hydrogen-bond acceptors (Lipinski definition) is 5. The minimum atomic E-state index is -3.79. The first-order valence-corrected chi connectivity index (χ1v) is 11.2. The van der Waals surface area contributed by atoms with Crippen LogP contribution in [-0.4, -0.2) is 21.5 Å². The summed E-state index contributed by atoms with van der Waals surface area (Å²) in [5.41, 5.74) is 2.57. The van der Waals surface area contributed by atoms with Crippen molar-refractivity contribution >= 4 is 42.1 Å². The zero-order valence-corrected chi connectivity index (χ0v) is 17.7. The van der Waals surface area contributed by atoms with E-state index in [1.165, 1.54) is 24.5 Å². The molecule has 1 heterocycles. The molecule has 4 nitrogen and oxygen atoms in total. The number of thiophene rings is 1. The Kier molecular flexibility index (Phi) is 5.72. The fourth-order valence-corrected chi connectivity index (χ4v) is 6.45. The van der Waals surface area contributed by atoms with Crippen LogP contribution < -0.4 is 0 Å². The van der Waals surface area contributed by atoms with E-state index in [9.17, 15) is 13.2 Å². The average molecular weight is 415 g/mol. The van der Waals surface area contributed by atoms with Gasteiger partial charge in [0, 0.05) is 4.70 Å². The standard InChI is InChI=1S/C22H22O4S2/c1-5-8-16-9-7-12-19-14(2)22(27-20(16)19)28(24,25)15(3)17-10-6-11-18(13-17)21(23)26-4/h6-7,9-13H,3,5,8H2,1-2,4H3. The van der Waals surface area contributed by atoms with E-state index >= 15 is 0 Å². The molecule has 3 aromatic rings. The average Bonchev–Trinajstić information content (AvgIpc) is 3.05. The van der Waals surface area contributed by atoms with Crippen molar-refractivity contribution in [3.8, 4) is 0 Å². The molecule has 0 bridgehead atoms. The molecule has 0 unspecified atom stereocenters. The number of ether oxygens (including phenoxy) is 1. The van der Waals surface area contributed by atoms with Gasteiger partial charge < -0.3 is 4.74 Å². The molecule has 0 fully saturated rings. The van der Waals surface area contributed by atoms with E-state index in [0.717, 1.165) is 34.1 Å². The molecule has 0 N–H and O–H groups in total. The maximum absolute atomic E-state index is 13.3. The van der Waals surface area contributed by atoms with Gasteiger partial charge in [0.25, 0.3) is 0 Å². The van der Waals surface area contributed by atoms with Gasteiger partial charge in [-0.3, -0.25) is 0 Å². The van der Waals surface area contributed by atoms with E-state index in [2.05, 4.69) is 13.5 Å². The summed E-state index contributed by atoms with van der Waals surface area (Å²) in [6.45, 7) is 7.77. The number of rotatable bonds is 6. The number of esters is 1. The lowest BCUT2D eigenvalue weighted by Crippen LogP contribution is -2.05. The summed E-state index contributed by atoms with van der Waals surface area (Å²) < 4.78 is 32.7. The normalized spacial score (nSPS) is 11.5. The first-order chi connectivity index (χ1) is 13.3. The van der Waals surface area contributed by atoms with E-state index < -0.39 is 15.8 Å². The Morgan fingerprint density at radius 1 is 1.14 bits per heavy atom. The fraction of sp³-hybridized carbons (Fsp3) is 0.227. The summed E-state index contributed by atoms with van der Waals surface area (Å²) in [5, 5.41) is 0.964. The number of sulfone groups is 1. The van der Waals surface area contributed by atoms with Crippen LogP contribution in [0.2, 0.25) is 0 Å². The first kappa shape index (κ1) is 20.3. The summed E-state index contributed by atoms with van der Waals surface area (Å²) in [6, 6.07) is 12.3. The Labute approximate surface area is 169 Å². The van der Waals surface area contributed by atoms with Crippen LogP contribution in [0.4, 0.5) is 0 Å². The van der Waals surface area contributed by atoms with Crippen molar-refractivity contribution in [1.82, 2.24) is 0 Å². The Morgan fingerprint density at radius 2 is 1.82 bits per heavy atom. The number of aryl methyl sites for hydroxylation is 2. The van der Waals surface area contributed by atoms with Gasteiger partial charge in [-0.2, -0.15) is 0 Å². The molecule has 2 aromatic carbocycles. The Morgan fingerprint density at radius 3 is 2.50 bits per heavy atom. The summed E-state index contributed by atoms with van der Waals surface area (Å²) >= 11 is 1.29. The van der Waals surface area contributed by atoms with E-state index in [-0.39, 0.29) is 10.5 Å². The molecule has 0 amide bonds. The molecule has 0 spiro atoms. The number of fused-ring (bicyclic) bond motifs is 1. The highest BCUT2D eigenvalue weighted by Gasteiger charge is 2.27. The van der Waals surface area contributed by atoms with E-state index in [1.807, 2.05) is 25.1 Å². The summed E-state index contributed by atoms with van der Waals surface area (Å²) in [5.74, 6) is -0.519. The van der Waals surface area contributed by atoms with Crippen LogP contribution in [0.3, 0.4) is 0 Å². The maximum Gasteiger partial charge on any atom is 0.337 e. The van der Waals surface area contributed by atoms with Crippen molar-refractivity contribution in [2.24, 2.45) is 0 Å².